The van der Waals surface area contributed by atoms with Crippen molar-refractivity contribution < 1.29 is 64.3 Å². The van der Waals surface area contributed by atoms with Crippen molar-refractivity contribution in [3.8, 4) is 0 Å². The van der Waals surface area contributed by atoms with Gasteiger partial charge in [0, 0.05) is 58.8 Å². The summed E-state index contributed by atoms with van der Waals surface area (Å²) >= 11 is 0. The molecule has 0 aliphatic carbocycles. The molecule has 2 N–H and O–H groups in total. The number of rotatable bonds is 0. The van der Waals surface area contributed by atoms with Crippen LogP contribution in [-0.4, -0.2) is 16.4 Å². The fourth-order valence-electron chi connectivity index (χ4n) is 0. The minimum atomic E-state index is 0. The van der Waals surface area contributed by atoms with Crippen LogP contribution in [-0.2, 0) is 17.1 Å². The second-order valence-electron chi connectivity index (χ2n) is 0. The second kappa shape index (κ2) is 19.6. The van der Waals surface area contributed by atoms with Gasteiger partial charge in [-0.2, -0.15) is 0 Å². The van der Waals surface area contributed by atoms with E-state index in [4.69, 9.17) is 0 Å². The van der Waals surface area contributed by atoms with E-state index in [2.05, 4.69) is 0 Å². The zero-order valence-corrected chi connectivity index (χ0v) is 5.60. The van der Waals surface area contributed by atoms with Gasteiger partial charge in [-0.05, 0) is 11.0 Å². The normalized spacial score (nSPS) is 0. The van der Waals surface area contributed by atoms with Gasteiger partial charge in [-0.1, -0.05) is 0 Å². The maximum atomic E-state index is 0. The summed E-state index contributed by atoms with van der Waals surface area (Å²) in [7, 11) is 0. The molecule has 0 aromatic carbocycles. The Labute approximate surface area is 74.1 Å². The largest absolute Gasteiger partial charge is 0.412 e. The Morgan fingerprint density at radius 1 is 1.00 bits per heavy atom. The van der Waals surface area contributed by atoms with Gasteiger partial charge >= 0.3 is 0 Å². The van der Waals surface area contributed by atoms with E-state index in [1.165, 1.54) is 0 Å². The monoisotopic (exact) mass is 246 g/mol. The molecule has 0 atom stereocenters. The third-order valence-electron chi connectivity index (χ3n) is 0. The molecule has 0 aliphatic heterocycles. The predicted octanol–water partition coefficient (Wildman–Crippen LogP) is -2.28. The van der Waals surface area contributed by atoms with Crippen molar-refractivity contribution in [2.45, 2.75) is 0 Å². The smallest absolute Gasteiger partial charge is 0 e. The van der Waals surface area contributed by atoms with Crippen LogP contribution < -0.4 is 0 Å². The molecule has 0 saturated carbocycles. The van der Waals surface area contributed by atoms with Crippen LogP contribution in [0.3, 0.4) is 0 Å². The van der Waals surface area contributed by atoms with Gasteiger partial charge in [0.25, 0.3) is 0 Å². The molecule has 4 heavy (non-hydrogen) atoms. The average molecular weight is 246 g/mol. The summed E-state index contributed by atoms with van der Waals surface area (Å²) in [6, 6.07) is 0. The average Bonchev–Trinajstić information content (AvgIpc) is 0. The Morgan fingerprint density at radius 3 is 1.00 bits per heavy atom. The van der Waals surface area contributed by atoms with E-state index in [0.29, 0.717) is 0 Å². The first kappa shape index (κ1) is 36.4. The molecule has 0 aliphatic rings. The summed E-state index contributed by atoms with van der Waals surface area (Å²) in [4.78, 5) is 0. The molecule has 0 radical (unpaired) electrons. The summed E-state index contributed by atoms with van der Waals surface area (Å²) < 4.78 is 0. The topological polar surface area (TPSA) is 31.5 Å². The Bertz CT molecular complexity index is 8.00. The van der Waals surface area contributed by atoms with Crippen LogP contribution in [0.2, 0.25) is 0 Å². The summed E-state index contributed by atoms with van der Waals surface area (Å²) in [6.45, 7) is 0. The number of hydrogen-bond acceptors (Lipinski definition) is 0. The Balaban J connectivity index is 0. The van der Waals surface area contributed by atoms with Crippen molar-refractivity contribution in [3.05, 3.63) is 0 Å². The first-order valence-corrected chi connectivity index (χ1v) is 0. The minimum Gasteiger partial charge on any atom is -0.412 e. The van der Waals surface area contributed by atoms with E-state index in [1.807, 2.05) is 0 Å². The summed E-state index contributed by atoms with van der Waals surface area (Å²) in [5.41, 5.74) is 0. The van der Waals surface area contributed by atoms with Crippen LogP contribution in [0, 0.1) is 41.7 Å². The van der Waals surface area contributed by atoms with E-state index >= 15 is 0 Å². The van der Waals surface area contributed by atoms with Gasteiger partial charge in [0.2, 0.25) is 0 Å². The molecule has 0 amide bonds. The van der Waals surface area contributed by atoms with Gasteiger partial charge in [-0.25, -0.2) is 0 Å². The fraction of sp³-hybridized carbons (Fsp3) is 0. The fourth-order valence-corrected chi connectivity index (χ4v) is 0. The molecule has 28 valence electrons. The van der Waals surface area contributed by atoms with Gasteiger partial charge in [-0.15, -0.1) is 0 Å². The van der Waals surface area contributed by atoms with Crippen molar-refractivity contribution in [2.75, 3.05) is 0 Å². The molecular weight excluding hydrogens is 240 g/mol. The van der Waals surface area contributed by atoms with Crippen LogP contribution in [0.5, 0.6) is 0 Å². The second-order valence-corrected chi connectivity index (χ2v) is 0. The van der Waals surface area contributed by atoms with E-state index in [1.54, 1.807) is 0 Å². The number of hydrogen-bond donors (Lipinski definition) is 0. The van der Waals surface area contributed by atoms with E-state index in [9.17, 15) is 0 Å². The zero-order valence-electron chi connectivity index (χ0n) is 1.35. The maximum Gasteiger partial charge on any atom is 0 e. The maximum absolute atomic E-state index is 0. The van der Waals surface area contributed by atoms with Crippen LogP contribution in [0.25, 0.3) is 0 Å². The third kappa shape index (κ3) is 8.95. The molecule has 0 fully saturated rings. The molecule has 0 heterocycles. The molecule has 1 nitrogen and oxygen atoms in total. The zero-order chi connectivity index (χ0) is 0. The van der Waals surface area contributed by atoms with E-state index in [0.717, 1.165) is 0 Å². The Kier molecular flexibility index (Phi) is 178. The molecular formula is H6CeFeOSi. The van der Waals surface area contributed by atoms with Gasteiger partial charge in [0.1, 0.15) is 0 Å². The standard InChI is InChI=1S/Ce.Fe.H2O.H4Si/h;;1H2;1H4. The summed E-state index contributed by atoms with van der Waals surface area (Å²) in [5, 5.41) is 0. The van der Waals surface area contributed by atoms with Gasteiger partial charge in [-0.3, -0.25) is 0 Å². The van der Waals surface area contributed by atoms with Gasteiger partial charge < -0.3 is 5.48 Å². The molecule has 0 spiro atoms. The van der Waals surface area contributed by atoms with Crippen LogP contribution in [0.1, 0.15) is 0 Å². The molecule has 0 saturated heterocycles. The van der Waals surface area contributed by atoms with Crippen molar-refractivity contribution in [1.29, 1.82) is 0 Å². The minimum absolute atomic E-state index is 0. The van der Waals surface area contributed by atoms with Crippen molar-refractivity contribution in [2.24, 2.45) is 0 Å². The molecule has 0 bridgehead atoms. The molecule has 0 aromatic heterocycles. The van der Waals surface area contributed by atoms with E-state index in [-0.39, 0.29) is 75.3 Å². The first-order valence-electron chi connectivity index (χ1n) is 0. The van der Waals surface area contributed by atoms with Crippen molar-refractivity contribution >= 4 is 11.0 Å². The van der Waals surface area contributed by atoms with Gasteiger partial charge in [0.05, 0.1) is 0 Å². The Morgan fingerprint density at radius 2 is 1.00 bits per heavy atom. The summed E-state index contributed by atoms with van der Waals surface area (Å²) in [6.07, 6.45) is 0. The first-order chi connectivity index (χ1) is 0. The predicted molar refractivity (Wildman–Crippen MR) is 14.9 cm³/mol. The van der Waals surface area contributed by atoms with Gasteiger partial charge in [0.15, 0.2) is 0 Å². The Hall–Kier alpha value is 2.07. The molecule has 4 heteroatoms. The van der Waals surface area contributed by atoms with Crippen molar-refractivity contribution in [1.82, 2.24) is 0 Å². The third-order valence-corrected chi connectivity index (χ3v) is 0. The molecule has 0 rings (SSSR count). The van der Waals surface area contributed by atoms with Crippen LogP contribution in [0.4, 0.5) is 0 Å². The SMILES string of the molecule is O.[Ce].[Fe].[SiH4]. The van der Waals surface area contributed by atoms with Crippen molar-refractivity contribution in [3.63, 3.8) is 0 Å². The van der Waals surface area contributed by atoms with E-state index < -0.39 is 0 Å². The van der Waals surface area contributed by atoms with Crippen LogP contribution in [0.15, 0.2) is 0 Å². The quantitative estimate of drug-likeness (QED) is 0.431. The summed E-state index contributed by atoms with van der Waals surface area (Å²) in [5.74, 6) is 0. The van der Waals surface area contributed by atoms with Crippen LogP contribution >= 0.6 is 0 Å². The molecule has 0 aromatic rings. The molecule has 0 unspecified atom stereocenters.